The molecule has 1 aromatic rings. The number of methoxy groups -OCH3 is 1. The smallest absolute Gasteiger partial charge is 0.188 e. The van der Waals surface area contributed by atoms with E-state index in [1.165, 1.54) is 11.1 Å². The molecule has 3 aliphatic heterocycles. The zero-order valence-corrected chi connectivity index (χ0v) is 19.3. The lowest BCUT2D eigenvalue weighted by atomic mass is 9.53. The zero-order valence-electron chi connectivity index (χ0n) is 19.3. The van der Waals surface area contributed by atoms with Crippen LogP contribution in [-0.4, -0.2) is 75.7 Å². The molecule has 0 N–H and O–H groups in total. The number of rotatable bonds is 6. The Morgan fingerprint density at radius 2 is 2.09 bits per heavy atom. The minimum Gasteiger partial charge on any atom is -0.482 e. The summed E-state index contributed by atoms with van der Waals surface area (Å²) in [6.45, 7) is 6.18. The minimum atomic E-state index is -0.548. The topological polar surface area (TPSA) is 58.6 Å². The number of likely N-dealkylation sites (tertiary alicyclic amines) is 1. The van der Waals surface area contributed by atoms with Gasteiger partial charge in [-0.05, 0) is 51.9 Å². The summed E-state index contributed by atoms with van der Waals surface area (Å²) in [5.41, 5.74) is 2.63. The van der Waals surface area contributed by atoms with Crippen molar-refractivity contribution >= 4 is 0 Å². The Balaban J connectivity index is 1.35. The Labute approximate surface area is 189 Å². The van der Waals surface area contributed by atoms with Crippen LogP contribution in [-0.2, 0) is 30.8 Å². The summed E-state index contributed by atoms with van der Waals surface area (Å²) < 4.78 is 36.0. The van der Waals surface area contributed by atoms with Crippen LogP contribution in [0.3, 0.4) is 0 Å². The van der Waals surface area contributed by atoms with Gasteiger partial charge in [-0.2, -0.15) is 0 Å². The highest BCUT2D eigenvalue weighted by Crippen LogP contribution is 2.62. The lowest BCUT2D eigenvalue weighted by molar-refractivity contribution is -0.151. The van der Waals surface area contributed by atoms with Crippen molar-refractivity contribution in [2.75, 3.05) is 40.7 Å². The van der Waals surface area contributed by atoms with Crippen LogP contribution in [0.25, 0.3) is 0 Å². The SMILES string of the molecule is COCOc1ccc2c3c1OC1C(OC[C@H]4COC(C)(C)O4)C=C[C@H]4[C@@H](C2)N(C)CC[C@]314. The van der Waals surface area contributed by atoms with Gasteiger partial charge in [0.2, 0.25) is 0 Å². The summed E-state index contributed by atoms with van der Waals surface area (Å²) in [6, 6.07) is 4.73. The van der Waals surface area contributed by atoms with E-state index in [1.807, 2.05) is 19.9 Å². The molecule has 6 rings (SSSR count). The molecule has 2 aliphatic carbocycles. The van der Waals surface area contributed by atoms with Crippen LogP contribution in [0.5, 0.6) is 11.5 Å². The van der Waals surface area contributed by atoms with Crippen molar-refractivity contribution in [3.8, 4) is 11.5 Å². The van der Waals surface area contributed by atoms with Gasteiger partial charge in [0.25, 0.3) is 0 Å². The molecule has 1 spiro atoms. The minimum absolute atomic E-state index is 0.0647. The molecule has 1 aromatic carbocycles. The highest BCUT2D eigenvalue weighted by molar-refractivity contribution is 5.62. The van der Waals surface area contributed by atoms with Crippen LogP contribution in [0.15, 0.2) is 24.3 Å². The molecule has 0 aromatic heterocycles. The van der Waals surface area contributed by atoms with E-state index >= 15 is 0 Å². The van der Waals surface area contributed by atoms with Gasteiger partial charge in [-0.1, -0.05) is 18.2 Å². The number of benzene rings is 1. The third kappa shape index (κ3) is 2.98. The molecular weight excluding hydrogens is 410 g/mol. The number of hydrogen-bond donors (Lipinski definition) is 0. The van der Waals surface area contributed by atoms with Gasteiger partial charge in [0.05, 0.1) is 13.2 Å². The predicted octanol–water partition coefficient (Wildman–Crippen LogP) is 2.65. The van der Waals surface area contributed by atoms with E-state index in [2.05, 4.69) is 30.2 Å². The highest BCUT2D eigenvalue weighted by Gasteiger charge is 2.64. The summed E-state index contributed by atoms with van der Waals surface area (Å²) in [6.07, 6.45) is 6.40. The zero-order chi connectivity index (χ0) is 22.1. The summed E-state index contributed by atoms with van der Waals surface area (Å²) in [5, 5.41) is 0. The second-order valence-corrected chi connectivity index (χ2v) is 10.2. The molecule has 32 heavy (non-hydrogen) atoms. The average molecular weight is 444 g/mol. The second-order valence-electron chi connectivity index (χ2n) is 10.2. The van der Waals surface area contributed by atoms with Crippen molar-refractivity contribution in [1.82, 2.24) is 4.90 Å². The van der Waals surface area contributed by atoms with Crippen molar-refractivity contribution in [3.05, 3.63) is 35.4 Å². The maximum atomic E-state index is 6.76. The fraction of sp³-hybridized carbons (Fsp3) is 0.680. The second kappa shape index (κ2) is 7.43. The fourth-order valence-electron chi connectivity index (χ4n) is 6.65. The van der Waals surface area contributed by atoms with E-state index in [0.717, 1.165) is 30.9 Å². The number of likely N-dealkylation sites (N-methyl/N-ethyl adjacent to an activating group) is 1. The summed E-state index contributed by atoms with van der Waals surface area (Å²) >= 11 is 0. The van der Waals surface area contributed by atoms with Crippen LogP contribution in [0.2, 0.25) is 0 Å². The van der Waals surface area contributed by atoms with Crippen LogP contribution in [0.1, 0.15) is 31.4 Å². The number of nitrogens with zero attached hydrogens (tertiary/aromatic N) is 1. The monoisotopic (exact) mass is 443 g/mol. The van der Waals surface area contributed by atoms with Crippen LogP contribution in [0, 0.1) is 5.92 Å². The molecule has 7 heteroatoms. The van der Waals surface area contributed by atoms with E-state index in [4.69, 9.17) is 28.4 Å². The number of ether oxygens (including phenoxy) is 6. The van der Waals surface area contributed by atoms with Gasteiger partial charge >= 0.3 is 0 Å². The van der Waals surface area contributed by atoms with Crippen LogP contribution < -0.4 is 9.47 Å². The normalized spacial score (nSPS) is 38.4. The van der Waals surface area contributed by atoms with Gasteiger partial charge in [0.15, 0.2) is 24.1 Å². The average Bonchev–Trinajstić information content (AvgIpc) is 3.31. The number of piperidine rings is 1. The Hall–Kier alpha value is -1.64. The Morgan fingerprint density at radius 1 is 1.22 bits per heavy atom. The molecular formula is C25H33NO6. The van der Waals surface area contributed by atoms with Gasteiger partial charge in [0.1, 0.15) is 18.3 Å². The quantitative estimate of drug-likeness (QED) is 0.495. The van der Waals surface area contributed by atoms with Crippen LogP contribution >= 0.6 is 0 Å². The summed E-state index contributed by atoms with van der Waals surface area (Å²) in [5.74, 6) is 1.50. The van der Waals surface area contributed by atoms with E-state index in [9.17, 15) is 0 Å². The van der Waals surface area contributed by atoms with Crippen molar-refractivity contribution in [1.29, 1.82) is 0 Å². The van der Waals surface area contributed by atoms with Gasteiger partial charge in [-0.25, -0.2) is 0 Å². The van der Waals surface area contributed by atoms with Crippen molar-refractivity contribution < 1.29 is 28.4 Å². The molecule has 174 valence electrons. The molecule has 6 atom stereocenters. The molecule has 0 radical (unpaired) electrons. The predicted molar refractivity (Wildman–Crippen MR) is 117 cm³/mol. The largest absolute Gasteiger partial charge is 0.482 e. The molecule has 7 nitrogen and oxygen atoms in total. The van der Waals surface area contributed by atoms with E-state index in [0.29, 0.717) is 25.2 Å². The van der Waals surface area contributed by atoms with E-state index in [1.54, 1.807) is 7.11 Å². The first-order valence-corrected chi connectivity index (χ1v) is 11.7. The molecule has 0 amide bonds. The Kier molecular flexibility index (Phi) is 4.86. The first-order chi connectivity index (χ1) is 15.4. The first kappa shape index (κ1) is 20.9. The first-order valence-electron chi connectivity index (χ1n) is 11.7. The fourth-order valence-corrected chi connectivity index (χ4v) is 6.65. The molecule has 5 aliphatic rings. The van der Waals surface area contributed by atoms with Gasteiger partial charge in [-0.3, -0.25) is 0 Å². The Bertz CT molecular complexity index is 931. The third-order valence-corrected chi connectivity index (χ3v) is 7.99. The highest BCUT2D eigenvalue weighted by atomic mass is 16.7. The molecule has 2 unspecified atom stereocenters. The number of hydrogen-bond acceptors (Lipinski definition) is 7. The third-order valence-electron chi connectivity index (χ3n) is 7.99. The van der Waals surface area contributed by atoms with Gasteiger partial charge in [0, 0.05) is 30.0 Å². The van der Waals surface area contributed by atoms with Crippen LogP contribution in [0.4, 0.5) is 0 Å². The van der Waals surface area contributed by atoms with Crippen molar-refractivity contribution in [2.24, 2.45) is 5.92 Å². The van der Waals surface area contributed by atoms with Crippen molar-refractivity contribution in [2.45, 2.75) is 62.2 Å². The molecule has 2 bridgehead atoms. The van der Waals surface area contributed by atoms with E-state index < -0.39 is 5.79 Å². The summed E-state index contributed by atoms with van der Waals surface area (Å²) in [7, 11) is 3.89. The van der Waals surface area contributed by atoms with Gasteiger partial charge in [-0.15, -0.1) is 0 Å². The lowest BCUT2D eigenvalue weighted by Gasteiger charge is -2.56. The lowest BCUT2D eigenvalue weighted by Crippen LogP contribution is -2.65. The Morgan fingerprint density at radius 3 is 2.88 bits per heavy atom. The maximum absolute atomic E-state index is 6.76. The molecule has 2 fully saturated rings. The van der Waals surface area contributed by atoms with E-state index in [-0.39, 0.29) is 30.5 Å². The molecule has 2 saturated heterocycles. The summed E-state index contributed by atoms with van der Waals surface area (Å²) in [4.78, 5) is 2.51. The van der Waals surface area contributed by atoms with Crippen molar-refractivity contribution in [3.63, 3.8) is 0 Å². The van der Waals surface area contributed by atoms with Gasteiger partial charge < -0.3 is 33.3 Å². The molecule has 3 heterocycles. The standard InChI is InChI=1S/C25H33NO6/c1-24(2)30-13-16(32-24)12-28-20-8-6-17-18-11-15-5-7-19(29-14-27-4)22-21(15)25(17,23(20)31-22)9-10-26(18)3/h5-8,16-18,20,23H,9-14H2,1-4H3/t16-,17-,18+,20?,23?,25-/m0/s1. The maximum Gasteiger partial charge on any atom is 0.188 e. The molecule has 0 saturated carbocycles.